The van der Waals surface area contributed by atoms with Crippen LogP contribution >= 0.6 is 0 Å². The lowest BCUT2D eigenvalue weighted by Gasteiger charge is -2.34. The van der Waals surface area contributed by atoms with Crippen LogP contribution in [0.4, 0.5) is 0 Å². The summed E-state index contributed by atoms with van der Waals surface area (Å²) in [5.41, 5.74) is 0.961. The Hall–Kier alpha value is -1.40. The van der Waals surface area contributed by atoms with Crippen LogP contribution in [-0.4, -0.2) is 62.6 Å². The van der Waals surface area contributed by atoms with Gasteiger partial charge in [0.15, 0.2) is 9.84 Å². The Labute approximate surface area is 139 Å². The van der Waals surface area contributed by atoms with Crippen molar-refractivity contribution in [2.45, 2.75) is 31.6 Å². The molecule has 0 saturated carbocycles. The number of rotatable bonds is 6. The minimum Gasteiger partial charge on any atom is -0.340 e. The van der Waals surface area contributed by atoms with Gasteiger partial charge in [-0.2, -0.15) is 0 Å². The molecular weight excluding hydrogens is 312 g/mol. The minimum atomic E-state index is -3.20. The molecule has 0 N–H and O–H groups in total. The molecule has 6 heteroatoms. The molecule has 23 heavy (non-hydrogen) atoms. The molecule has 0 atom stereocenters. The van der Waals surface area contributed by atoms with E-state index in [1.165, 1.54) is 0 Å². The molecule has 1 aromatic carbocycles. The van der Waals surface area contributed by atoms with Crippen LogP contribution in [-0.2, 0) is 14.6 Å². The van der Waals surface area contributed by atoms with E-state index < -0.39 is 9.84 Å². The summed E-state index contributed by atoms with van der Waals surface area (Å²) in [6, 6.07) is 7.07. The van der Waals surface area contributed by atoms with Crippen molar-refractivity contribution in [3.05, 3.63) is 29.8 Å². The zero-order valence-corrected chi connectivity index (χ0v) is 14.8. The van der Waals surface area contributed by atoms with Crippen LogP contribution in [0.3, 0.4) is 0 Å². The van der Waals surface area contributed by atoms with E-state index in [1.54, 1.807) is 18.2 Å². The zero-order chi connectivity index (χ0) is 16.9. The molecule has 5 nitrogen and oxygen atoms in total. The van der Waals surface area contributed by atoms with Gasteiger partial charge in [0.25, 0.3) is 0 Å². The molecule has 1 fully saturated rings. The fourth-order valence-corrected chi connectivity index (χ4v) is 4.25. The van der Waals surface area contributed by atoms with Crippen LogP contribution in [0.5, 0.6) is 0 Å². The third-order valence-corrected chi connectivity index (χ3v) is 6.06. The van der Waals surface area contributed by atoms with Gasteiger partial charge in [0.2, 0.25) is 5.91 Å². The lowest BCUT2D eigenvalue weighted by molar-refractivity contribution is -0.132. The molecule has 128 valence electrons. The van der Waals surface area contributed by atoms with E-state index in [0.29, 0.717) is 17.7 Å². The largest absolute Gasteiger partial charge is 0.340 e. The Morgan fingerprint density at radius 3 is 2.48 bits per heavy atom. The van der Waals surface area contributed by atoms with Crippen LogP contribution in [0.25, 0.3) is 0 Å². The number of hydrogen-bond donors (Lipinski definition) is 0. The van der Waals surface area contributed by atoms with Crippen LogP contribution in [0.1, 0.15) is 25.3 Å². The lowest BCUT2D eigenvalue weighted by Crippen LogP contribution is -2.48. The molecule has 1 saturated heterocycles. The molecule has 1 aliphatic heterocycles. The summed E-state index contributed by atoms with van der Waals surface area (Å²) in [5.74, 6) is 0.372. The maximum Gasteiger partial charge on any atom is 0.222 e. The third kappa shape index (κ3) is 5.04. The number of sulfone groups is 1. The second-order valence-corrected chi connectivity index (χ2v) is 8.17. The van der Waals surface area contributed by atoms with Gasteiger partial charge in [0.05, 0.1) is 10.6 Å². The normalized spacial score (nSPS) is 16.5. The van der Waals surface area contributed by atoms with E-state index in [0.717, 1.165) is 38.3 Å². The Bertz CT molecular complexity index is 635. The monoisotopic (exact) mass is 338 g/mol. The van der Waals surface area contributed by atoms with Gasteiger partial charge in [0.1, 0.15) is 0 Å². The maximum atomic E-state index is 12.3. The predicted octanol–water partition coefficient (Wildman–Crippen LogP) is 1.71. The summed E-state index contributed by atoms with van der Waals surface area (Å²) < 4.78 is 24.7. The maximum absolute atomic E-state index is 12.3. The highest BCUT2D eigenvalue weighted by molar-refractivity contribution is 7.91. The molecule has 0 bridgehead atoms. The summed E-state index contributed by atoms with van der Waals surface area (Å²) in [6.07, 6.45) is 1.17. The first-order valence-electron chi connectivity index (χ1n) is 8.22. The SMILES string of the molecule is CCC(=O)N1CCN(CCCS(=O)(=O)c2cccc(C)c2)CC1. The summed E-state index contributed by atoms with van der Waals surface area (Å²) in [4.78, 5) is 16.2. The highest BCUT2D eigenvalue weighted by atomic mass is 32.2. The fourth-order valence-electron chi connectivity index (χ4n) is 2.85. The summed E-state index contributed by atoms with van der Waals surface area (Å²) in [7, 11) is -3.20. The van der Waals surface area contributed by atoms with Gasteiger partial charge >= 0.3 is 0 Å². The third-order valence-electron chi connectivity index (χ3n) is 4.26. The Balaban J connectivity index is 1.78. The van der Waals surface area contributed by atoms with Crippen molar-refractivity contribution in [2.24, 2.45) is 0 Å². The second-order valence-electron chi connectivity index (χ2n) is 6.06. The Kier molecular flexibility index (Phi) is 6.18. The van der Waals surface area contributed by atoms with Gasteiger partial charge in [-0.15, -0.1) is 0 Å². The number of carbonyl (C=O) groups excluding carboxylic acids is 1. The highest BCUT2D eigenvalue weighted by Crippen LogP contribution is 2.14. The van der Waals surface area contributed by atoms with Gasteiger partial charge in [-0.3, -0.25) is 9.69 Å². The van der Waals surface area contributed by atoms with Crippen LogP contribution < -0.4 is 0 Å². The van der Waals surface area contributed by atoms with Crippen molar-refractivity contribution in [1.82, 2.24) is 9.80 Å². The predicted molar refractivity (Wildman–Crippen MR) is 91.2 cm³/mol. The van der Waals surface area contributed by atoms with Crippen LogP contribution in [0, 0.1) is 6.92 Å². The smallest absolute Gasteiger partial charge is 0.222 e. The standard InChI is InChI=1S/C17H26N2O3S/c1-3-17(20)19-11-9-18(10-12-19)8-5-13-23(21,22)16-7-4-6-15(2)14-16/h4,6-7,14H,3,5,8-13H2,1-2H3. The first-order chi connectivity index (χ1) is 10.9. The molecule has 0 unspecified atom stereocenters. The van der Waals surface area contributed by atoms with Crippen molar-refractivity contribution < 1.29 is 13.2 Å². The quantitative estimate of drug-likeness (QED) is 0.792. The van der Waals surface area contributed by atoms with E-state index in [2.05, 4.69) is 4.90 Å². The van der Waals surface area contributed by atoms with E-state index in [9.17, 15) is 13.2 Å². The van der Waals surface area contributed by atoms with E-state index in [-0.39, 0.29) is 11.7 Å². The number of benzene rings is 1. The zero-order valence-electron chi connectivity index (χ0n) is 14.0. The van der Waals surface area contributed by atoms with E-state index in [1.807, 2.05) is 24.8 Å². The molecule has 0 spiro atoms. The second kappa shape index (κ2) is 7.93. The number of nitrogens with zero attached hydrogens (tertiary/aromatic N) is 2. The minimum absolute atomic E-state index is 0.171. The van der Waals surface area contributed by atoms with Crippen molar-refractivity contribution in [2.75, 3.05) is 38.5 Å². The van der Waals surface area contributed by atoms with E-state index >= 15 is 0 Å². The van der Waals surface area contributed by atoms with Crippen LogP contribution in [0.15, 0.2) is 29.2 Å². The van der Waals surface area contributed by atoms with Gasteiger partial charge in [0, 0.05) is 32.6 Å². The molecule has 1 aliphatic rings. The summed E-state index contributed by atoms with van der Waals surface area (Å²) >= 11 is 0. The van der Waals surface area contributed by atoms with Gasteiger partial charge in [-0.25, -0.2) is 8.42 Å². The first-order valence-corrected chi connectivity index (χ1v) is 9.87. The van der Waals surface area contributed by atoms with E-state index in [4.69, 9.17) is 0 Å². The number of amides is 1. The van der Waals surface area contributed by atoms with Crippen molar-refractivity contribution in [3.63, 3.8) is 0 Å². The van der Waals surface area contributed by atoms with Crippen molar-refractivity contribution in [3.8, 4) is 0 Å². The molecule has 0 radical (unpaired) electrons. The average molecular weight is 338 g/mol. The number of piperazine rings is 1. The fraction of sp³-hybridized carbons (Fsp3) is 0.588. The lowest BCUT2D eigenvalue weighted by atomic mass is 10.2. The summed E-state index contributed by atoms with van der Waals surface area (Å²) in [6.45, 7) is 7.70. The number of hydrogen-bond acceptors (Lipinski definition) is 4. The molecule has 0 aliphatic carbocycles. The first kappa shape index (κ1) is 17.9. The Morgan fingerprint density at radius 2 is 1.87 bits per heavy atom. The molecule has 1 heterocycles. The molecule has 1 aromatic rings. The Morgan fingerprint density at radius 1 is 1.17 bits per heavy atom. The summed E-state index contributed by atoms with van der Waals surface area (Å²) in [5, 5.41) is 0. The molecule has 0 aromatic heterocycles. The van der Waals surface area contributed by atoms with Gasteiger partial charge < -0.3 is 4.90 Å². The highest BCUT2D eigenvalue weighted by Gasteiger charge is 2.20. The van der Waals surface area contributed by atoms with Crippen LogP contribution in [0.2, 0.25) is 0 Å². The van der Waals surface area contributed by atoms with Gasteiger partial charge in [-0.05, 0) is 37.6 Å². The topological polar surface area (TPSA) is 57.7 Å². The van der Waals surface area contributed by atoms with Crippen molar-refractivity contribution in [1.29, 1.82) is 0 Å². The average Bonchev–Trinajstić information content (AvgIpc) is 2.54. The number of aryl methyl sites for hydroxylation is 1. The molecule has 1 amide bonds. The number of carbonyl (C=O) groups is 1. The molecule has 2 rings (SSSR count). The van der Waals surface area contributed by atoms with Crippen molar-refractivity contribution >= 4 is 15.7 Å². The molecular formula is C17H26N2O3S. The van der Waals surface area contributed by atoms with Gasteiger partial charge in [-0.1, -0.05) is 19.1 Å².